The van der Waals surface area contributed by atoms with Crippen LogP contribution in [0.2, 0.25) is 0 Å². The van der Waals surface area contributed by atoms with Crippen molar-refractivity contribution >= 4 is 22.4 Å². The molecule has 0 saturated heterocycles. The van der Waals surface area contributed by atoms with Gasteiger partial charge in [0.2, 0.25) is 17.8 Å². The lowest BCUT2D eigenvalue weighted by Gasteiger charge is -2.20. The maximum Gasteiger partial charge on any atom is 0.227 e. The van der Waals surface area contributed by atoms with Crippen molar-refractivity contribution in [3.05, 3.63) is 72.4 Å². The molecule has 4 heteroatoms. The quantitative estimate of drug-likeness (QED) is 0.454. The van der Waals surface area contributed by atoms with Crippen LogP contribution >= 0.6 is 0 Å². The minimum absolute atomic E-state index is 0. The topological polar surface area (TPSA) is 24.2 Å². The Labute approximate surface area is 159 Å². The van der Waals surface area contributed by atoms with Gasteiger partial charge < -0.3 is 21.9 Å². The predicted molar refractivity (Wildman–Crippen MR) is 98.5 cm³/mol. The van der Waals surface area contributed by atoms with Gasteiger partial charge in [0, 0.05) is 41.9 Å². The van der Waals surface area contributed by atoms with Crippen LogP contribution in [0.15, 0.2) is 66.9 Å². The van der Waals surface area contributed by atoms with Crippen molar-refractivity contribution in [3.63, 3.8) is 0 Å². The number of ketones is 1. The Kier molecular flexibility index (Phi) is 6.71. The van der Waals surface area contributed by atoms with E-state index in [2.05, 4.69) is 30.9 Å². The molecule has 3 rings (SSSR count). The highest BCUT2D eigenvalue weighted by Crippen LogP contribution is 2.15. The van der Waals surface area contributed by atoms with Crippen LogP contribution in [0.4, 0.5) is 5.69 Å². The number of carbonyl (C=O) groups excluding carboxylic acids is 1. The number of Topliss-reactive ketones (excluding diaryl/α,β-unsaturated/α-hetero) is 1. The predicted octanol–water partition coefficient (Wildman–Crippen LogP) is 0.860. The zero-order valence-corrected chi connectivity index (χ0v) is 16.2. The number of pyridine rings is 1. The highest BCUT2D eigenvalue weighted by atomic mass is 79.9. The first-order valence-corrected chi connectivity index (χ1v) is 8.48. The van der Waals surface area contributed by atoms with Crippen LogP contribution in [0, 0.1) is 0 Å². The monoisotopic (exact) mass is 398 g/mol. The second-order valence-electron chi connectivity index (χ2n) is 5.84. The molecule has 0 N–H and O–H groups in total. The molecule has 0 spiro atoms. The van der Waals surface area contributed by atoms with Gasteiger partial charge in [-0.05, 0) is 50.2 Å². The van der Waals surface area contributed by atoms with Crippen molar-refractivity contribution in [3.8, 4) is 0 Å². The second-order valence-corrected chi connectivity index (χ2v) is 5.84. The zero-order chi connectivity index (χ0) is 16.9. The van der Waals surface area contributed by atoms with Crippen LogP contribution in [0.1, 0.15) is 24.2 Å². The molecule has 0 aliphatic carbocycles. The van der Waals surface area contributed by atoms with Gasteiger partial charge in [-0.25, -0.2) is 0 Å². The molecule has 2 aromatic carbocycles. The summed E-state index contributed by atoms with van der Waals surface area (Å²) in [4.78, 5) is 14.9. The van der Waals surface area contributed by atoms with E-state index in [1.165, 1.54) is 0 Å². The Bertz CT molecular complexity index is 837. The normalized spacial score (nSPS) is 10.3. The van der Waals surface area contributed by atoms with Gasteiger partial charge in [0.15, 0.2) is 6.20 Å². The van der Waals surface area contributed by atoms with E-state index in [1.807, 2.05) is 59.3 Å². The molecule has 0 fully saturated rings. The van der Waals surface area contributed by atoms with E-state index in [0.29, 0.717) is 6.54 Å². The molecule has 1 aromatic heterocycles. The third-order valence-electron chi connectivity index (χ3n) is 4.42. The van der Waals surface area contributed by atoms with Crippen molar-refractivity contribution in [1.29, 1.82) is 0 Å². The number of aromatic nitrogens is 1. The molecule has 0 bridgehead atoms. The second kappa shape index (κ2) is 8.77. The average Bonchev–Trinajstić information content (AvgIpc) is 2.63. The van der Waals surface area contributed by atoms with Crippen molar-refractivity contribution in [2.24, 2.45) is 0 Å². The number of fused-ring (bicyclic) bond motifs is 1. The van der Waals surface area contributed by atoms with Gasteiger partial charge in [0.1, 0.15) is 0 Å². The standard InChI is InChI=1S/C21H23N2O.BrH/c1-3-22(4-2)19-13-11-18(12-14-19)21(24)16-23-15-7-9-17-8-5-6-10-20(17)23;/h5-15H,3-4,16H2,1-2H3;1H/q+1;/p-1. The lowest BCUT2D eigenvalue weighted by Crippen LogP contribution is -3.00. The Balaban J connectivity index is 0.00000225. The number of rotatable bonds is 6. The van der Waals surface area contributed by atoms with E-state index in [0.717, 1.165) is 35.2 Å². The van der Waals surface area contributed by atoms with E-state index in [-0.39, 0.29) is 22.8 Å². The summed E-state index contributed by atoms with van der Waals surface area (Å²) in [6.07, 6.45) is 1.96. The number of halogens is 1. The molecular formula is C21H23BrN2O. The Hall–Kier alpha value is -2.20. The molecule has 0 aliphatic rings. The van der Waals surface area contributed by atoms with Gasteiger partial charge in [0.05, 0.1) is 0 Å². The maximum atomic E-state index is 12.6. The maximum absolute atomic E-state index is 12.6. The summed E-state index contributed by atoms with van der Waals surface area (Å²) in [6, 6.07) is 20.1. The summed E-state index contributed by atoms with van der Waals surface area (Å²) >= 11 is 0. The largest absolute Gasteiger partial charge is 1.00 e. The Morgan fingerprint density at radius 3 is 2.24 bits per heavy atom. The number of nitrogens with zero attached hydrogens (tertiary/aromatic N) is 2. The fourth-order valence-electron chi connectivity index (χ4n) is 3.05. The van der Waals surface area contributed by atoms with Gasteiger partial charge >= 0.3 is 0 Å². The summed E-state index contributed by atoms with van der Waals surface area (Å²) in [5, 5.41) is 1.14. The number of anilines is 1. The van der Waals surface area contributed by atoms with Crippen LogP contribution in [-0.2, 0) is 6.54 Å². The minimum Gasteiger partial charge on any atom is -1.00 e. The highest BCUT2D eigenvalue weighted by Gasteiger charge is 2.15. The molecule has 0 atom stereocenters. The minimum atomic E-state index is 0. The van der Waals surface area contributed by atoms with Crippen molar-refractivity contribution in [2.75, 3.05) is 18.0 Å². The van der Waals surface area contributed by atoms with Crippen molar-refractivity contribution in [1.82, 2.24) is 0 Å². The first kappa shape index (κ1) is 19.1. The number of para-hydroxylation sites is 1. The van der Waals surface area contributed by atoms with Gasteiger partial charge in [-0.2, -0.15) is 4.57 Å². The average molecular weight is 399 g/mol. The van der Waals surface area contributed by atoms with Crippen LogP contribution < -0.4 is 26.4 Å². The summed E-state index contributed by atoms with van der Waals surface area (Å²) in [6.45, 7) is 6.57. The van der Waals surface area contributed by atoms with Gasteiger partial charge in [-0.1, -0.05) is 12.1 Å². The smallest absolute Gasteiger partial charge is 0.227 e. The van der Waals surface area contributed by atoms with Crippen LogP contribution in [0.25, 0.3) is 10.9 Å². The van der Waals surface area contributed by atoms with Gasteiger partial charge in [0.25, 0.3) is 0 Å². The lowest BCUT2D eigenvalue weighted by molar-refractivity contribution is -0.657. The fourth-order valence-corrected chi connectivity index (χ4v) is 3.05. The first-order valence-electron chi connectivity index (χ1n) is 8.48. The first-order chi connectivity index (χ1) is 11.7. The Morgan fingerprint density at radius 1 is 0.920 bits per heavy atom. The van der Waals surface area contributed by atoms with Gasteiger partial charge in [-0.3, -0.25) is 4.79 Å². The molecule has 3 nitrogen and oxygen atoms in total. The summed E-state index contributed by atoms with van der Waals surface area (Å²) < 4.78 is 2.01. The molecule has 0 aliphatic heterocycles. The third-order valence-corrected chi connectivity index (χ3v) is 4.42. The van der Waals surface area contributed by atoms with E-state index in [9.17, 15) is 4.79 Å². The Morgan fingerprint density at radius 2 is 1.56 bits per heavy atom. The molecule has 0 radical (unpaired) electrons. The SMILES string of the molecule is CCN(CC)c1ccc(C(=O)C[n+]2cccc3ccccc32)cc1.[Br-]. The molecule has 1 heterocycles. The molecule has 130 valence electrons. The summed E-state index contributed by atoms with van der Waals surface area (Å²) in [5.41, 5.74) is 2.99. The van der Waals surface area contributed by atoms with E-state index < -0.39 is 0 Å². The van der Waals surface area contributed by atoms with E-state index in [4.69, 9.17) is 0 Å². The molecule has 0 amide bonds. The van der Waals surface area contributed by atoms with E-state index in [1.54, 1.807) is 0 Å². The van der Waals surface area contributed by atoms with Crippen LogP contribution in [0.5, 0.6) is 0 Å². The number of hydrogen-bond acceptors (Lipinski definition) is 2. The number of carbonyl (C=O) groups is 1. The van der Waals surface area contributed by atoms with Gasteiger partial charge in [-0.15, -0.1) is 0 Å². The van der Waals surface area contributed by atoms with Crippen LogP contribution in [-0.4, -0.2) is 18.9 Å². The summed E-state index contributed by atoms with van der Waals surface area (Å²) in [5.74, 6) is 0.127. The molecule has 25 heavy (non-hydrogen) atoms. The molecule has 3 aromatic rings. The fraction of sp³-hybridized carbons (Fsp3) is 0.238. The molecular weight excluding hydrogens is 376 g/mol. The van der Waals surface area contributed by atoms with Crippen molar-refractivity contribution < 1.29 is 26.3 Å². The van der Waals surface area contributed by atoms with Crippen molar-refractivity contribution in [2.45, 2.75) is 20.4 Å². The lowest BCUT2D eigenvalue weighted by atomic mass is 10.1. The number of hydrogen-bond donors (Lipinski definition) is 0. The third kappa shape index (κ3) is 4.26. The number of benzene rings is 2. The highest BCUT2D eigenvalue weighted by molar-refractivity contribution is 5.95. The zero-order valence-electron chi connectivity index (χ0n) is 14.7. The molecule has 0 unspecified atom stereocenters. The van der Waals surface area contributed by atoms with Crippen LogP contribution in [0.3, 0.4) is 0 Å². The van der Waals surface area contributed by atoms with E-state index >= 15 is 0 Å². The molecule has 0 saturated carbocycles. The summed E-state index contributed by atoms with van der Waals surface area (Å²) in [7, 11) is 0.